The third-order valence-corrected chi connectivity index (χ3v) is 11.3. The number of aryl methyl sites for hydroxylation is 6. The summed E-state index contributed by atoms with van der Waals surface area (Å²) in [7, 11) is 3.03. The number of carbonyl (C=O) groups is 4. The first-order valence-electron chi connectivity index (χ1n) is 20.9. The van der Waals surface area contributed by atoms with Crippen molar-refractivity contribution < 1.29 is 28.7 Å². The molecule has 8 rings (SSSR count). The number of anilines is 4. The Bertz CT molecular complexity index is 3090. The largest absolute Gasteiger partial charge is 0.495 e. The zero-order valence-corrected chi connectivity index (χ0v) is 39.7. The van der Waals surface area contributed by atoms with Gasteiger partial charge in [-0.3, -0.25) is 28.3 Å². The van der Waals surface area contributed by atoms with Gasteiger partial charge in [0.25, 0.3) is 23.6 Å². The first-order chi connectivity index (χ1) is 32.6. The minimum absolute atomic E-state index is 0.350. The number of amides is 4. The van der Waals surface area contributed by atoms with Crippen LogP contribution in [0, 0.1) is 41.5 Å². The number of hydrogen-bond acceptors (Lipinski definition) is 12. The van der Waals surface area contributed by atoms with Crippen molar-refractivity contribution in [3.63, 3.8) is 0 Å². The topological polar surface area (TPSA) is 222 Å². The summed E-state index contributed by atoms with van der Waals surface area (Å²) in [5.41, 5.74) is 8.35. The molecule has 18 nitrogen and oxygen atoms in total. The van der Waals surface area contributed by atoms with Crippen molar-refractivity contribution in [2.24, 2.45) is 0 Å². The fourth-order valence-electron chi connectivity index (χ4n) is 7.14. The normalized spacial score (nSPS) is 11.0. The van der Waals surface area contributed by atoms with Crippen LogP contribution in [-0.2, 0) is 19.2 Å². The zero-order valence-electron chi connectivity index (χ0n) is 38.2. The summed E-state index contributed by atoms with van der Waals surface area (Å²) in [6, 6.07) is 18.5. The van der Waals surface area contributed by atoms with Gasteiger partial charge in [0.05, 0.1) is 71.1 Å². The second-order valence-corrected chi connectivity index (χ2v) is 16.5. The van der Waals surface area contributed by atoms with E-state index in [0.717, 1.165) is 22.3 Å². The number of hydrogen-bond donors (Lipinski definition) is 4. The SMILES string of the molecule is COc1cc(C)ccc1NC(=O)C(C(=O)Nc1ccc(C)cc1OC)n1cnc2c(C)ncnc21.Cc1ccc(Cl)c(NC(=O)C(C(=O)Nc2cc(C)ccc2Cl)n2cnc3c(C)ncnc32)c1. The molecule has 0 aliphatic rings. The van der Waals surface area contributed by atoms with Crippen LogP contribution in [-0.4, -0.2) is 76.9 Å². The molecule has 4 aromatic heterocycles. The van der Waals surface area contributed by atoms with E-state index < -0.39 is 35.7 Å². The van der Waals surface area contributed by atoms with E-state index >= 15 is 0 Å². The molecule has 0 spiro atoms. The number of rotatable bonds is 12. The first-order valence-corrected chi connectivity index (χ1v) is 21.7. The number of methoxy groups -OCH3 is 2. The van der Waals surface area contributed by atoms with Gasteiger partial charge in [-0.15, -0.1) is 0 Å². The molecule has 0 aliphatic carbocycles. The molecule has 8 aromatic rings. The molecule has 4 aromatic carbocycles. The van der Waals surface area contributed by atoms with Gasteiger partial charge in [-0.05, 0) is 112 Å². The standard InChI is InChI=1S/C25H26N6O4.C23H20Cl2N6O2/c1-14-6-8-17(19(10-14)34-4)29-24(32)22(31-13-28-21-16(3)26-12-27-23(21)31)25(33)30-18-9-7-15(2)11-20(18)35-5;1-12-4-6-15(24)17(8-12)29-22(32)20(23(33)30-18-9-13(2)5-7-16(18)25)31-11-28-19-14(3)26-10-27-21(19)31/h6-13,22H,1-5H3,(H,29,32)(H,30,33);4-11,20H,1-3H3,(H,29,32)(H,30,33). The van der Waals surface area contributed by atoms with Crippen molar-refractivity contribution in [3.05, 3.63) is 142 Å². The second kappa shape index (κ2) is 20.7. The summed E-state index contributed by atoms with van der Waals surface area (Å²) in [6.07, 6.45) is 5.53. The molecule has 0 unspecified atom stereocenters. The maximum absolute atomic E-state index is 13.6. The summed E-state index contributed by atoms with van der Waals surface area (Å²) in [4.78, 5) is 79.5. The van der Waals surface area contributed by atoms with Gasteiger partial charge in [0.1, 0.15) is 35.2 Å². The highest BCUT2D eigenvalue weighted by Gasteiger charge is 2.34. The minimum Gasteiger partial charge on any atom is -0.495 e. The lowest BCUT2D eigenvalue weighted by atomic mass is 10.1. The molecule has 0 atom stereocenters. The van der Waals surface area contributed by atoms with Crippen LogP contribution in [0.1, 0.15) is 45.7 Å². The molecular formula is C48H46Cl2N12O6. The Morgan fingerprint density at radius 1 is 0.471 bits per heavy atom. The van der Waals surface area contributed by atoms with E-state index in [1.54, 1.807) is 62.4 Å². The van der Waals surface area contributed by atoms with Crippen LogP contribution in [0.3, 0.4) is 0 Å². The van der Waals surface area contributed by atoms with Gasteiger partial charge in [0.15, 0.2) is 23.4 Å². The van der Waals surface area contributed by atoms with Crippen LogP contribution >= 0.6 is 23.2 Å². The lowest BCUT2D eigenvalue weighted by Crippen LogP contribution is -2.36. The van der Waals surface area contributed by atoms with E-state index in [2.05, 4.69) is 51.2 Å². The maximum Gasteiger partial charge on any atom is 0.257 e. The molecule has 0 aliphatic heterocycles. The Morgan fingerprint density at radius 3 is 1.18 bits per heavy atom. The van der Waals surface area contributed by atoms with E-state index in [0.29, 0.717) is 78.0 Å². The van der Waals surface area contributed by atoms with Crippen molar-refractivity contribution in [1.29, 1.82) is 0 Å². The smallest absolute Gasteiger partial charge is 0.257 e. The van der Waals surface area contributed by atoms with E-state index in [9.17, 15) is 19.2 Å². The third-order valence-electron chi connectivity index (χ3n) is 10.6. The molecular weight excluding hydrogens is 912 g/mol. The van der Waals surface area contributed by atoms with E-state index in [4.69, 9.17) is 32.7 Å². The minimum atomic E-state index is -1.35. The summed E-state index contributed by atoms with van der Waals surface area (Å²) in [5.74, 6) is -1.45. The Labute approximate surface area is 400 Å². The molecule has 4 N–H and O–H groups in total. The van der Waals surface area contributed by atoms with Crippen molar-refractivity contribution in [1.82, 2.24) is 39.0 Å². The average Bonchev–Trinajstić information content (AvgIpc) is 3.94. The van der Waals surface area contributed by atoms with Crippen LogP contribution < -0.4 is 30.7 Å². The molecule has 0 radical (unpaired) electrons. The Hall–Kier alpha value is -7.96. The quantitative estimate of drug-likeness (QED) is 0.0847. The predicted octanol–water partition coefficient (Wildman–Crippen LogP) is 8.46. The van der Waals surface area contributed by atoms with Gasteiger partial charge in [-0.25, -0.2) is 29.9 Å². The summed E-state index contributed by atoms with van der Waals surface area (Å²) < 4.78 is 13.7. The van der Waals surface area contributed by atoms with Gasteiger partial charge in [-0.1, -0.05) is 47.5 Å². The lowest BCUT2D eigenvalue weighted by Gasteiger charge is -2.20. The molecule has 4 amide bonds. The fourth-order valence-corrected chi connectivity index (χ4v) is 7.47. The number of nitrogens with one attached hydrogen (secondary N) is 4. The highest BCUT2D eigenvalue weighted by molar-refractivity contribution is 6.34. The van der Waals surface area contributed by atoms with Crippen molar-refractivity contribution >= 4 is 91.9 Å². The molecule has 0 bridgehead atoms. The van der Waals surface area contributed by atoms with Gasteiger partial charge in [-0.2, -0.15) is 0 Å². The van der Waals surface area contributed by atoms with Crippen LogP contribution in [0.4, 0.5) is 22.7 Å². The lowest BCUT2D eigenvalue weighted by molar-refractivity contribution is -0.129. The Morgan fingerprint density at radius 2 is 0.809 bits per heavy atom. The number of nitrogens with zero attached hydrogens (tertiary/aromatic N) is 8. The molecule has 348 valence electrons. The van der Waals surface area contributed by atoms with Crippen molar-refractivity contribution in [3.8, 4) is 11.5 Å². The molecule has 4 heterocycles. The van der Waals surface area contributed by atoms with Crippen LogP contribution in [0.5, 0.6) is 11.5 Å². The summed E-state index contributed by atoms with van der Waals surface area (Å²) >= 11 is 12.5. The number of ether oxygens (including phenoxy) is 2. The summed E-state index contributed by atoms with van der Waals surface area (Å²) in [6.45, 7) is 11.1. The van der Waals surface area contributed by atoms with Crippen molar-refractivity contribution in [2.75, 3.05) is 35.5 Å². The van der Waals surface area contributed by atoms with Gasteiger partial charge in [0, 0.05) is 0 Å². The number of aromatic nitrogens is 8. The molecule has 0 fully saturated rings. The maximum atomic E-state index is 13.6. The highest BCUT2D eigenvalue weighted by Crippen LogP contribution is 2.31. The average molecular weight is 958 g/mol. The Balaban J connectivity index is 0.000000202. The molecule has 20 heteroatoms. The number of fused-ring (bicyclic) bond motifs is 2. The third kappa shape index (κ3) is 10.5. The van der Waals surface area contributed by atoms with Crippen LogP contribution in [0.25, 0.3) is 22.3 Å². The van der Waals surface area contributed by atoms with Crippen LogP contribution in [0.2, 0.25) is 10.0 Å². The molecule has 68 heavy (non-hydrogen) atoms. The predicted molar refractivity (Wildman–Crippen MR) is 261 cm³/mol. The first kappa shape index (κ1) is 48.0. The van der Waals surface area contributed by atoms with Gasteiger partial charge in [0.2, 0.25) is 0 Å². The van der Waals surface area contributed by atoms with Crippen molar-refractivity contribution in [2.45, 2.75) is 53.6 Å². The number of benzene rings is 4. The van der Waals surface area contributed by atoms with E-state index in [-0.39, 0.29) is 0 Å². The van der Waals surface area contributed by atoms with Gasteiger partial charge < -0.3 is 30.7 Å². The number of carbonyl (C=O) groups excluding carboxylic acids is 4. The molecule has 0 saturated carbocycles. The highest BCUT2D eigenvalue weighted by atomic mass is 35.5. The van der Waals surface area contributed by atoms with E-state index in [1.807, 2.05) is 52.0 Å². The monoisotopic (exact) mass is 956 g/mol. The van der Waals surface area contributed by atoms with Crippen LogP contribution in [0.15, 0.2) is 98.1 Å². The second-order valence-electron chi connectivity index (χ2n) is 15.7. The summed E-state index contributed by atoms with van der Waals surface area (Å²) in [5, 5.41) is 11.8. The van der Waals surface area contributed by atoms with Gasteiger partial charge >= 0.3 is 0 Å². The number of imidazole rings is 2. The fraction of sp³-hybridized carbons (Fsp3) is 0.208. The number of halogens is 2. The molecule has 0 saturated heterocycles. The Kier molecular flexibility index (Phi) is 14.6. The van der Waals surface area contributed by atoms with E-state index in [1.165, 1.54) is 48.7 Å². The zero-order chi connectivity index (χ0) is 48.8.